The van der Waals surface area contributed by atoms with E-state index < -0.39 is 16.8 Å². The van der Waals surface area contributed by atoms with Crippen LogP contribution < -0.4 is 4.74 Å². The SMILES string of the molecule is CC(C)(C)c1ccc(C(c2ccc(OCCCn3cc(COC(=O)CC(c4ccc(Cl)cc4)(c4ccc(Cl)cc4)c4ccc(Cl)cc4)nn3)cc2)(c2ccc(C(C)(C)C)cc2)c2ccc(C(C)(C)C)cc2)cc1. The number of nitrogens with zero attached hydrogens (tertiary/aromatic N) is 3. The standard InChI is InChI=1S/C64H66Cl3N3O3/c1-60(2,3)44-11-17-50(18-12-44)64(51-19-13-45(14-20-51)61(4,5)6,52-21-15-46(16-22-52)62(7,8)9)53-29-37-58(38-30-53)72-40-10-39-70-42-57(68-69-70)43-73-59(71)41-63(47-23-31-54(65)32-24-47,48-25-33-55(66)34-26-48)49-27-35-56(67)36-28-49/h11-38,42H,10,39-41,43H2,1-9H3. The molecule has 0 aliphatic rings. The van der Waals surface area contributed by atoms with E-state index in [-0.39, 0.29) is 29.3 Å². The molecule has 0 bridgehead atoms. The minimum atomic E-state index is -0.937. The number of halogens is 3. The average Bonchev–Trinajstić information content (AvgIpc) is 3.83. The highest BCUT2D eigenvalue weighted by Crippen LogP contribution is 2.48. The van der Waals surface area contributed by atoms with Crippen LogP contribution in [0.25, 0.3) is 0 Å². The van der Waals surface area contributed by atoms with Gasteiger partial charge in [-0.05, 0) is 120 Å². The highest BCUT2D eigenvalue weighted by atomic mass is 35.5. The number of benzene rings is 7. The Morgan fingerprint density at radius 1 is 0.466 bits per heavy atom. The highest BCUT2D eigenvalue weighted by Gasteiger charge is 2.41. The van der Waals surface area contributed by atoms with E-state index in [1.165, 1.54) is 33.4 Å². The summed E-state index contributed by atoms with van der Waals surface area (Å²) in [5, 5.41) is 10.4. The second kappa shape index (κ2) is 21.7. The summed E-state index contributed by atoms with van der Waals surface area (Å²) >= 11 is 19.0. The van der Waals surface area contributed by atoms with Crippen molar-refractivity contribution >= 4 is 40.8 Å². The molecule has 0 fully saturated rings. The number of carbonyl (C=O) groups excluding carboxylic acids is 1. The van der Waals surface area contributed by atoms with Gasteiger partial charge in [0.1, 0.15) is 18.1 Å². The summed E-state index contributed by atoms with van der Waals surface area (Å²) in [5.74, 6) is 0.367. The van der Waals surface area contributed by atoms with Gasteiger partial charge in [-0.25, -0.2) is 0 Å². The van der Waals surface area contributed by atoms with Crippen LogP contribution in [-0.4, -0.2) is 27.6 Å². The van der Waals surface area contributed by atoms with Crippen molar-refractivity contribution < 1.29 is 14.3 Å². The summed E-state index contributed by atoms with van der Waals surface area (Å²) in [4.78, 5) is 14.0. The summed E-state index contributed by atoms with van der Waals surface area (Å²) in [6, 6.07) is 58.8. The minimum Gasteiger partial charge on any atom is -0.494 e. The number of carbonyl (C=O) groups is 1. The molecule has 9 heteroatoms. The lowest BCUT2D eigenvalue weighted by Crippen LogP contribution is -2.33. The molecule has 73 heavy (non-hydrogen) atoms. The molecule has 0 radical (unpaired) electrons. The van der Waals surface area contributed by atoms with Gasteiger partial charge in [0.2, 0.25) is 0 Å². The third-order valence-electron chi connectivity index (χ3n) is 14.0. The Balaban J connectivity index is 0.980. The maximum absolute atomic E-state index is 14.0. The predicted octanol–water partition coefficient (Wildman–Crippen LogP) is 16.5. The van der Waals surface area contributed by atoms with Crippen molar-refractivity contribution in [2.75, 3.05) is 6.61 Å². The first-order valence-electron chi connectivity index (χ1n) is 25.1. The second-order valence-corrected chi connectivity index (χ2v) is 23.5. The Bertz CT molecular complexity index is 2840. The lowest BCUT2D eigenvalue weighted by molar-refractivity contribution is -0.146. The van der Waals surface area contributed by atoms with Crippen LogP contribution in [0.4, 0.5) is 0 Å². The van der Waals surface area contributed by atoms with Crippen molar-refractivity contribution in [1.29, 1.82) is 0 Å². The average molecular weight is 1030 g/mol. The van der Waals surface area contributed by atoms with Crippen molar-refractivity contribution in [3.05, 3.63) is 252 Å². The Kier molecular flexibility index (Phi) is 15.8. The number of aromatic nitrogens is 3. The first-order chi connectivity index (χ1) is 34.7. The molecule has 8 aromatic rings. The summed E-state index contributed by atoms with van der Waals surface area (Å²) < 4.78 is 14.1. The lowest BCUT2D eigenvalue weighted by Gasteiger charge is -2.38. The van der Waals surface area contributed by atoms with Crippen LogP contribution in [-0.2, 0) is 49.8 Å². The molecule has 8 rings (SSSR count). The van der Waals surface area contributed by atoms with Gasteiger partial charge in [0, 0.05) is 28.0 Å². The molecule has 0 aliphatic carbocycles. The van der Waals surface area contributed by atoms with Gasteiger partial charge in [0.25, 0.3) is 0 Å². The van der Waals surface area contributed by atoms with E-state index in [0.29, 0.717) is 40.3 Å². The molecular formula is C64H66Cl3N3O3. The van der Waals surface area contributed by atoms with Gasteiger partial charge in [-0.1, -0.05) is 224 Å². The van der Waals surface area contributed by atoms with E-state index in [9.17, 15) is 4.79 Å². The number of rotatable bonds is 16. The molecule has 0 unspecified atom stereocenters. The first kappa shape index (κ1) is 53.1. The van der Waals surface area contributed by atoms with Crippen molar-refractivity contribution in [3.63, 3.8) is 0 Å². The fraction of sp³-hybridized carbons (Fsp3) is 0.297. The molecule has 0 saturated heterocycles. The third-order valence-corrected chi connectivity index (χ3v) is 14.8. The van der Waals surface area contributed by atoms with E-state index >= 15 is 0 Å². The van der Waals surface area contributed by atoms with Crippen LogP contribution in [0.2, 0.25) is 15.1 Å². The minimum absolute atomic E-state index is 0.00896. The van der Waals surface area contributed by atoms with Gasteiger partial charge in [0.05, 0.1) is 30.1 Å². The van der Waals surface area contributed by atoms with Gasteiger partial charge < -0.3 is 9.47 Å². The topological polar surface area (TPSA) is 66.2 Å². The van der Waals surface area contributed by atoms with Crippen LogP contribution in [0.1, 0.15) is 136 Å². The number of aryl methyl sites for hydroxylation is 1. The Morgan fingerprint density at radius 3 is 1.15 bits per heavy atom. The van der Waals surface area contributed by atoms with Crippen molar-refractivity contribution in [2.45, 2.75) is 115 Å². The highest BCUT2D eigenvalue weighted by molar-refractivity contribution is 6.31. The Hall–Kier alpha value is -6.18. The van der Waals surface area contributed by atoms with E-state index in [2.05, 4.69) is 170 Å². The normalized spacial score (nSPS) is 12.4. The van der Waals surface area contributed by atoms with Gasteiger partial charge in [-0.3, -0.25) is 9.48 Å². The van der Waals surface area contributed by atoms with Gasteiger partial charge >= 0.3 is 5.97 Å². The Labute approximate surface area is 447 Å². The number of hydrogen-bond acceptors (Lipinski definition) is 5. The van der Waals surface area contributed by atoms with Gasteiger partial charge in [-0.2, -0.15) is 0 Å². The van der Waals surface area contributed by atoms with E-state index in [1.807, 2.05) is 79.0 Å². The zero-order valence-electron chi connectivity index (χ0n) is 43.5. The quantitative estimate of drug-likeness (QED) is 0.0548. The predicted molar refractivity (Wildman–Crippen MR) is 300 cm³/mol. The lowest BCUT2D eigenvalue weighted by atomic mass is 9.64. The largest absolute Gasteiger partial charge is 0.494 e. The fourth-order valence-electron chi connectivity index (χ4n) is 9.82. The summed E-state index contributed by atoms with van der Waals surface area (Å²) in [7, 11) is 0. The zero-order valence-corrected chi connectivity index (χ0v) is 45.7. The molecule has 376 valence electrons. The fourth-order valence-corrected chi connectivity index (χ4v) is 10.2. The molecular weight excluding hydrogens is 965 g/mol. The van der Waals surface area contributed by atoms with Gasteiger partial charge in [0.15, 0.2) is 0 Å². The molecule has 1 heterocycles. The smallest absolute Gasteiger partial charge is 0.307 e. The molecule has 6 nitrogen and oxygen atoms in total. The van der Waals surface area contributed by atoms with Crippen LogP contribution in [0.15, 0.2) is 176 Å². The van der Waals surface area contributed by atoms with E-state index in [0.717, 1.165) is 28.0 Å². The summed E-state index contributed by atoms with van der Waals surface area (Å²) in [6.07, 6.45) is 2.48. The van der Waals surface area contributed by atoms with Crippen molar-refractivity contribution in [2.24, 2.45) is 0 Å². The maximum atomic E-state index is 14.0. The van der Waals surface area contributed by atoms with E-state index in [1.54, 1.807) is 4.68 Å². The molecule has 0 N–H and O–H groups in total. The first-order valence-corrected chi connectivity index (χ1v) is 26.2. The summed E-state index contributed by atoms with van der Waals surface area (Å²) in [6.45, 7) is 21.3. The van der Waals surface area contributed by atoms with Crippen molar-refractivity contribution in [3.8, 4) is 5.75 Å². The maximum Gasteiger partial charge on any atom is 0.307 e. The molecule has 0 atom stereocenters. The number of hydrogen-bond donors (Lipinski definition) is 0. The molecule has 0 spiro atoms. The third kappa shape index (κ3) is 11.9. The van der Waals surface area contributed by atoms with Crippen LogP contribution in [0.5, 0.6) is 5.75 Å². The number of ether oxygens (including phenoxy) is 2. The molecule has 0 saturated carbocycles. The molecule has 7 aromatic carbocycles. The summed E-state index contributed by atoms with van der Waals surface area (Å²) in [5.41, 5.74) is 10.2. The van der Waals surface area contributed by atoms with Gasteiger partial charge in [-0.15, -0.1) is 5.10 Å². The molecule has 0 aliphatic heterocycles. The second-order valence-electron chi connectivity index (χ2n) is 22.2. The monoisotopic (exact) mass is 1030 g/mol. The van der Waals surface area contributed by atoms with Crippen LogP contribution >= 0.6 is 34.8 Å². The van der Waals surface area contributed by atoms with Crippen LogP contribution in [0, 0.1) is 0 Å². The number of esters is 1. The van der Waals surface area contributed by atoms with Crippen LogP contribution in [0.3, 0.4) is 0 Å². The van der Waals surface area contributed by atoms with Crippen molar-refractivity contribution in [1.82, 2.24) is 15.0 Å². The van der Waals surface area contributed by atoms with E-state index in [4.69, 9.17) is 44.3 Å². The molecule has 0 amide bonds. The Morgan fingerprint density at radius 2 is 0.795 bits per heavy atom. The zero-order chi connectivity index (χ0) is 52.2. The molecule has 1 aromatic heterocycles.